The molecule has 33 heavy (non-hydrogen) atoms. The van der Waals surface area contributed by atoms with Crippen LogP contribution >= 0.6 is 0 Å². The van der Waals surface area contributed by atoms with Gasteiger partial charge in [-0.2, -0.15) is 0 Å². The third-order valence-electron chi connectivity index (χ3n) is 3.91. The molecule has 0 bridgehead atoms. The minimum Gasteiger partial charge on any atom is -0.497 e. The number of nitro groups is 4. The van der Waals surface area contributed by atoms with Crippen LogP contribution in [0.3, 0.4) is 0 Å². The number of aromatic hydroxyl groups is 1. The maximum atomic E-state index is 10.8. The van der Waals surface area contributed by atoms with Gasteiger partial charge in [-0.25, -0.2) is 0 Å². The molecule has 0 radical (unpaired) electrons. The van der Waals surface area contributed by atoms with Crippen molar-refractivity contribution in [2.75, 3.05) is 0 Å². The summed E-state index contributed by atoms with van der Waals surface area (Å²) < 4.78 is 0. The highest BCUT2D eigenvalue weighted by Gasteiger charge is 2.30. The molecule has 0 aliphatic rings. The summed E-state index contributed by atoms with van der Waals surface area (Å²) in [6.07, 6.45) is 5.13. The predicted octanol–water partition coefficient (Wildman–Crippen LogP) is 4.28. The Labute approximate surface area is 183 Å². The molecule has 0 aliphatic carbocycles. The van der Waals surface area contributed by atoms with Crippen LogP contribution in [0.25, 0.3) is 12.2 Å². The van der Waals surface area contributed by atoms with Gasteiger partial charge in [0.05, 0.1) is 43.1 Å². The molecule has 0 amide bonds. The van der Waals surface area contributed by atoms with Crippen molar-refractivity contribution in [1.82, 2.24) is 4.98 Å². The van der Waals surface area contributed by atoms with Crippen LogP contribution < -0.4 is 0 Å². The van der Waals surface area contributed by atoms with E-state index in [1.54, 1.807) is 36.5 Å². The minimum atomic E-state index is -1.21. The van der Waals surface area contributed by atoms with E-state index in [0.29, 0.717) is 17.7 Å². The number of aromatic nitrogens is 1. The summed E-state index contributed by atoms with van der Waals surface area (Å²) in [5.74, 6) is -1.21. The Morgan fingerprint density at radius 2 is 1.24 bits per heavy atom. The number of non-ortho nitro benzene ring substituents is 1. The largest absolute Gasteiger partial charge is 0.497 e. The number of nitrogens with zero attached hydrogens (tertiary/aromatic N) is 5. The molecule has 3 aromatic rings. The normalized spacial score (nSPS) is 10.2. The Morgan fingerprint density at radius 3 is 1.73 bits per heavy atom. The van der Waals surface area contributed by atoms with Gasteiger partial charge in [-0.1, -0.05) is 18.2 Å². The second kappa shape index (κ2) is 10.7. The van der Waals surface area contributed by atoms with E-state index in [0.717, 1.165) is 5.69 Å². The second-order valence-corrected chi connectivity index (χ2v) is 6.01. The molecule has 0 spiro atoms. The number of nitro benzene ring substituents is 4. The van der Waals surface area contributed by atoms with Gasteiger partial charge in [0.1, 0.15) is 0 Å². The molecule has 1 heterocycles. The highest BCUT2D eigenvalue weighted by Crippen LogP contribution is 2.38. The van der Waals surface area contributed by atoms with Gasteiger partial charge in [0.15, 0.2) is 0 Å². The lowest BCUT2D eigenvalue weighted by Gasteiger charge is -1.97. The van der Waals surface area contributed by atoms with E-state index >= 15 is 0 Å². The van der Waals surface area contributed by atoms with Gasteiger partial charge in [-0.3, -0.25) is 45.4 Å². The van der Waals surface area contributed by atoms with Crippen LogP contribution in [-0.4, -0.2) is 29.8 Å². The lowest BCUT2D eigenvalue weighted by molar-refractivity contribution is -0.404. The van der Waals surface area contributed by atoms with E-state index < -0.39 is 42.5 Å². The Bertz CT molecular complexity index is 1210. The van der Waals surface area contributed by atoms with E-state index in [9.17, 15) is 40.5 Å². The van der Waals surface area contributed by atoms with Crippen molar-refractivity contribution >= 4 is 34.9 Å². The topological polar surface area (TPSA) is 206 Å². The fraction of sp³-hybridized carbons (Fsp3) is 0. The van der Waals surface area contributed by atoms with Gasteiger partial charge in [-0.05, 0) is 30.4 Å². The zero-order chi connectivity index (χ0) is 24.5. The van der Waals surface area contributed by atoms with Crippen molar-refractivity contribution in [3.05, 3.63) is 113 Å². The van der Waals surface area contributed by atoms with Crippen LogP contribution in [0.4, 0.5) is 22.7 Å². The fourth-order valence-corrected chi connectivity index (χ4v) is 2.42. The fourth-order valence-electron chi connectivity index (χ4n) is 2.42. The van der Waals surface area contributed by atoms with Crippen molar-refractivity contribution in [2.45, 2.75) is 0 Å². The number of pyridine rings is 1. The zero-order valence-corrected chi connectivity index (χ0v) is 16.4. The molecule has 0 fully saturated rings. The summed E-state index contributed by atoms with van der Waals surface area (Å²) in [5, 5.41) is 51.0. The number of hydrogen-bond donors (Lipinski definition) is 1. The molecular formula is C19H13N5O9. The molecule has 0 atom stereocenters. The first-order chi connectivity index (χ1) is 15.6. The third kappa shape index (κ3) is 6.35. The number of phenolic OH excluding ortho intramolecular Hbond substituents is 1. The minimum absolute atomic E-state index is 0.0969. The number of benzene rings is 2. The Morgan fingerprint density at radius 1 is 0.697 bits per heavy atom. The quantitative estimate of drug-likeness (QED) is 0.412. The average molecular weight is 455 g/mol. The van der Waals surface area contributed by atoms with E-state index in [1.807, 2.05) is 18.2 Å². The van der Waals surface area contributed by atoms with Crippen molar-refractivity contribution in [1.29, 1.82) is 0 Å². The SMILES string of the molecule is O=[N+]([O-])c1cc([N+](=O)[O-])c(O)c([N+](=O)[O-])c1.O=[N+]([O-])c1ccccc1/C=C/c1ccccn1. The Balaban J connectivity index is 0.000000234. The van der Waals surface area contributed by atoms with Gasteiger partial charge in [0.25, 0.3) is 17.1 Å². The van der Waals surface area contributed by atoms with Gasteiger partial charge in [0, 0.05) is 12.3 Å². The maximum absolute atomic E-state index is 10.8. The molecule has 14 nitrogen and oxygen atoms in total. The van der Waals surface area contributed by atoms with Crippen molar-refractivity contribution in [3.8, 4) is 5.75 Å². The average Bonchev–Trinajstić information content (AvgIpc) is 2.78. The molecular weight excluding hydrogens is 442 g/mol. The van der Waals surface area contributed by atoms with Crippen molar-refractivity contribution < 1.29 is 24.8 Å². The van der Waals surface area contributed by atoms with Crippen LogP contribution in [0.2, 0.25) is 0 Å². The molecule has 1 N–H and O–H groups in total. The monoisotopic (exact) mass is 455 g/mol. The standard InChI is InChI=1S/C13H10N2O2.C6H3N3O7/c16-15(17)13-7-2-1-5-11(13)8-9-12-6-3-4-10-14-12;10-6-4(8(13)14)1-3(7(11)12)2-5(6)9(15)16/h1-10H;1-2,10H/b9-8+;. The van der Waals surface area contributed by atoms with E-state index in [-0.39, 0.29) is 5.69 Å². The van der Waals surface area contributed by atoms with Crippen LogP contribution in [0, 0.1) is 40.5 Å². The van der Waals surface area contributed by atoms with Gasteiger partial charge >= 0.3 is 11.4 Å². The lowest BCUT2D eigenvalue weighted by atomic mass is 10.1. The number of para-hydroxylation sites is 1. The molecule has 0 unspecified atom stereocenters. The molecule has 0 saturated carbocycles. The smallest absolute Gasteiger partial charge is 0.324 e. The first-order valence-corrected chi connectivity index (χ1v) is 8.74. The van der Waals surface area contributed by atoms with Gasteiger partial charge in [0.2, 0.25) is 0 Å². The summed E-state index contributed by atoms with van der Waals surface area (Å²) in [4.78, 5) is 42.3. The third-order valence-corrected chi connectivity index (χ3v) is 3.91. The number of rotatable bonds is 6. The number of phenols is 1. The molecule has 0 saturated heterocycles. The van der Waals surface area contributed by atoms with Crippen molar-refractivity contribution in [2.24, 2.45) is 0 Å². The Kier molecular flexibility index (Phi) is 7.76. The van der Waals surface area contributed by atoms with Crippen LogP contribution in [0.15, 0.2) is 60.8 Å². The molecule has 0 aliphatic heterocycles. The molecule has 2 aromatic carbocycles. The Hall–Kier alpha value is -5.27. The predicted molar refractivity (Wildman–Crippen MR) is 114 cm³/mol. The van der Waals surface area contributed by atoms with Crippen molar-refractivity contribution in [3.63, 3.8) is 0 Å². The first kappa shape index (κ1) is 24.0. The van der Waals surface area contributed by atoms with E-state index in [2.05, 4.69) is 4.98 Å². The van der Waals surface area contributed by atoms with E-state index in [1.165, 1.54) is 6.07 Å². The highest BCUT2D eigenvalue weighted by molar-refractivity contribution is 5.72. The summed E-state index contributed by atoms with van der Waals surface area (Å²) in [5.41, 5.74) is -1.56. The van der Waals surface area contributed by atoms with Crippen LogP contribution in [0.5, 0.6) is 5.75 Å². The van der Waals surface area contributed by atoms with Crippen LogP contribution in [-0.2, 0) is 0 Å². The summed E-state index contributed by atoms with van der Waals surface area (Å²) >= 11 is 0. The summed E-state index contributed by atoms with van der Waals surface area (Å²) in [6.45, 7) is 0. The zero-order valence-electron chi connectivity index (χ0n) is 16.4. The summed E-state index contributed by atoms with van der Waals surface area (Å²) in [7, 11) is 0. The second-order valence-electron chi connectivity index (χ2n) is 6.01. The van der Waals surface area contributed by atoms with E-state index in [4.69, 9.17) is 5.11 Å². The van der Waals surface area contributed by atoms with Gasteiger partial charge in [-0.15, -0.1) is 0 Å². The lowest BCUT2D eigenvalue weighted by Crippen LogP contribution is -1.97. The van der Waals surface area contributed by atoms with Gasteiger partial charge < -0.3 is 5.11 Å². The molecule has 1 aromatic heterocycles. The maximum Gasteiger partial charge on any atom is 0.324 e. The molecule has 3 rings (SSSR count). The van der Waals surface area contributed by atoms with Crippen LogP contribution in [0.1, 0.15) is 11.3 Å². The highest BCUT2D eigenvalue weighted by atomic mass is 16.6. The molecule has 14 heteroatoms. The first-order valence-electron chi connectivity index (χ1n) is 8.74. The number of hydrogen-bond acceptors (Lipinski definition) is 10. The molecule has 168 valence electrons. The summed E-state index contributed by atoms with van der Waals surface area (Å²) in [6, 6.07) is 13.0.